The summed E-state index contributed by atoms with van der Waals surface area (Å²) in [6.45, 7) is 8.05. The average Bonchev–Trinajstić information content (AvgIpc) is 2.38. The van der Waals surface area contributed by atoms with E-state index < -0.39 is 0 Å². The zero-order valence-electron chi connectivity index (χ0n) is 10.2. The molecule has 1 unspecified atom stereocenters. The van der Waals surface area contributed by atoms with Crippen molar-refractivity contribution >= 4 is 11.4 Å². The standard InChI is InChI=1S/C13H19FN2/c1-4-16-10(3)5-6-15-12-8-11(14)9(2)7-13(12)16/h7-8,10,15H,4-6H2,1-3H3. The van der Waals surface area contributed by atoms with E-state index in [4.69, 9.17) is 0 Å². The van der Waals surface area contributed by atoms with Crippen molar-refractivity contribution in [3.05, 3.63) is 23.5 Å². The zero-order valence-corrected chi connectivity index (χ0v) is 10.2. The molecule has 1 aromatic rings. The number of hydrogen-bond donors (Lipinski definition) is 1. The molecule has 1 atom stereocenters. The third kappa shape index (κ3) is 1.86. The van der Waals surface area contributed by atoms with Gasteiger partial charge in [0.15, 0.2) is 0 Å². The van der Waals surface area contributed by atoms with Gasteiger partial charge >= 0.3 is 0 Å². The van der Waals surface area contributed by atoms with Gasteiger partial charge in [-0.1, -0.05) is 0 Å². The van der Waals surface area contributed by atoms with Gasteiger partial charge in [-0.05, 0) is 44.9 Å². The van der Waals surface area contributed by atoms with E-state index in [0.717, 1.165) is 30.9 Å². The zero-order chi connectivity index (χ0) is 11.7. The Bertz CT molecular complexity index is 390. The molecule has 1 heterocycles. The van der Waals surface area contributed by atoms with Gasteiger partial charge in [-0.25, -0.2) is 4.39 Å². The fourth-order valence-electron chi connectivity index (χ4n) is 2.34. The van der Waals surface area contributed by atoms with E-state index in [2.05, 4.69) is 24.1 Å². The first-order valence-electron chi connectivity index (χ1n) is 5.94. The molecule has 2 nitrogen and oxygen atoms in total. The molecule has 2 rings (SSSR count). The predicted octanol–water partition coefficient (Wildman–Crippen LogP) is 3.16. The summed E-state index contributed by atoms with van der Waals surface area (Å²) in [6, 6.07) is 4.07. The number of nitrogens with one attached hydrogen (secondary N) is 1. The van der Waals surface area contributed by atoms with Gasteiger partial charge in [0, 0.05) is 19.1 Å². The maximum atomic E-state index is 13.5. The SMILES string of the molecule is CCN1c2cc(C)c(F)cc2NCCC1C. The van der Waals surface area contributed by atoms with Crippen molar-refractivity contribution < 1.29 is 4.39 Å². The molecule has 0 fully saturated rings. The number of nitrogens with zero attached hydrogens (tertiary/aromatic N) is 1. The van der Waals surface area contributed by atoms with Crippen molar-refractivity contribution in [1.29, 1.82) is 0 Å². The van der Waals surface area contributed by atoms with Crippen LogP contribution in [0, 0.1) is 12.7 Å². The molecule has 88 valence electrons. The maximum Gasteiger partial charge on any atom is 0.128 e. The van der Waals surface area contributed by atoms with Crippen molar-refractivity contribution in [3.63, 3.8) is 0 Å². The molecule has 0 spiro atoms. The van der Waals surface area contributed by atoms with Crippen LogP contribution in [0.2, 0.25) is 0 Å². The largest absolute Gasteiger partial charge is 0.383 e. The van der Waals surface area contributed by atoms with Crippen LogP contribution in [-0.4, -0.2) is 19.1 Å². The Hall–Kier alpha value is -1.25. The molecule has 0 aliphatic carbocycles. The number of halogens is 1. The summed E-state index contributed by atoms with van der Waals surface area (Å²) in [6.07, 6.45) is 1.09. The van der Waals surface area contributed by atoms with Gasteiger partial charge in [-0.15, -0.1) is 0 Å². The lowest BCUT2D eigenvalue weighted by Crippen LogP contribution is -2.32. The molecule has 0 bridgehead atoms. The minimum atomic E-state index is -0.128. The van der Waals surface area contributed by atoms with Crippen LogP contribution in [0.4, 0.5) is 15.8 Å². The number of benzene rings is 1. The Morgan fingerprint density at radius 3 is 2.94 bits per heavy atom. The lowest BCUT2D eigenvalue weighted by molar-refractivity contribution is 0.615. The Labute approximate surface area is 96.5 Å². The second-order valence-electron chi connectivity index (χ2n) is 4.47. The van der Waals surface area contributed by atoms with Crippen LogP contribution in [0.25, 0.3) is 0 Å². The highest BCUT2D eigenvalue weighted by atomic mass is 19.1. The molecule has 1 N–H and O–H groups in total. The van der Waals surface area contributed by atoms with Crippen molar-refractivity contribution in [2.45, 2.75) is 33.2 Å². The molecule has 1 aliphatic heterocycles. The van der Waals surface area contributed by atoms with E-state index in [1.807, 2.05) is 13.0 Å². The van der Waals surface area contributed by atoms with E-state index in [9.17, 15) is 4.39 Å². The Morgan fingerprint density at radius 1 is 1.50 bits per heavy atom. The van der Waals surface area contributed by atoms with Gasteiger partial charge in [-0.2, -0.15) is 0 Å². The minimum absolute atomic E-state index is 0.128. The summed E-state index contributed by atoms with van der Waals surface area (Å²) in [5.41, 5.74) is 2.77. The molecule has 0 aromatic heterocycles. The van der Waals surface area contributed by atoms with Gasteiger partial charge < -0.3 is 10.2 Å². The number of hydrogen-bond acceptors (Lipinski definition) is 2. The van der Waals surface area contributed by atoms with Crippen molar-refractivity contribution in [2.75, 3.05) is 23.3 Å². The normalized spacial score (nSPS) is 20.0. The first-order valence-corrected chi connectivity index (χ1v) is 5.94. The van der Waals surface area contributed by atoms with Gasteiger partial charge in [0.25, 0.3) is 0 Å². The molecule has 0 amide bonds. The topological polar surface area (TPSA) is 15.3 Å². The van der Waals surface area contributed by atoms with Crippen LogP contribution < -0.4 is 10.2 Å². The van der Waals surface area contributed by atoms with Crippen LogP contribution in [0.1, 0.15) is 25.8 Å². The summed E-state index contributed by atoms with van der Waals surface area (Å²) in [5, 5.41) is 3.31. The molecule has 16 heavy (non-hydrogen) atoms. The lowest BCUT2D eigenvalue weighted by Gasteiger charge is -2.29. The van der Waals surface area contributed by atoms with Gasteiger partial charge in [0.1, 0.15) is 5.82 Å². The Balaban J connectivity index is 2.49. The van der Waals surface area contributed by atoms with Gasteiger partial charge in [0.05, 0.1) is 11.4 Å². The van der Waals surface area contributed by atoms with Crippen LogP contribution in [0.3, 0.4) is 0 Å². The van der Waals surface area contributed by atoms with Crippen molar-refractivity contribution in [2.24, 2.45) is 0 Å². The lowest BCUT2D eigenvalue weighted by atomic mass is 10.1. The number of anilines is 2. The molecule has 1 aromatic carbocycles. The van der Waals surface area contributed by atoms with E-state index in [1.54, 1.807) is 6.07 Å². The van der Waals surface area contributed by atoms with Crippen LogP contribution >= 0.6 is 0 Å². The quantitative estimate of drug-likeness (QED) is 0.785. The number of aryl methyl sites for hydroxylation is 1. The first kappa shape index (κ1) is 11.2. The van der Waals surface area contributed by atoms with E-state index in [0.29, 0.717) is 11.6 Å². The molecular formula is C13H19FN2. The fraction of sp³-hybridized carbons (Fsp3) is 0.538. The third-order valence-corrected chi connectivity index (χ3v) is 3.34. The number of rotatable bonds is 1. The van der Waals surface area contributed by atoms with Crippen molar-refractivity contribution in [1.82, 2.24) is 0 Å². The summed E-state index contributed by atoms with van der Waals surface area (Å²) in [5.74, 6) is -0.128. The first-order chi connectivity index (χ1) is 7.63. The average molecular weight is 222 g/mol. The maximum absolute atomic E-state index is 13.5. The van der Waals surface area contributed by atoms with Crippen LogP contribution in [-0.2, 0) is 0 Å². The second kappa shape index (κ2) is 4.32. The van der Waals surface area contributed by atoms with Gasteiger partial charge in [-0.3, -0.25) is 0 Å². The summed E-state index contributed by atoms with van der Waals surface area (Å²) >= 11 is 0. The summed E-state index contributed by atoms with van der Waals surface area (Å²) < 4.78 is 13.5. The Morgan fingerprint density at radius 2 is 2.25 bits per heavy atom. The van der Waals surface area contributed by atoms with Crippen LogP contribution in [0.5, 0.6) is 0 Å². The molecule has 0 saturated heterocycles. The Kier molecular flexibility index (Phi) is 3.03. The van der Waals surface area contributed by atoms with E-state index >= 15 is 0 Å². The number of fused-ring (bicyclic) bond motifs is 1. The predicted molar refractivity (Wildman–Crippen MR) is 66.7 cm³/mol. The monoisotopic (exact) mass is 222 g/mol. The fourth-order valence-corrected chi connectivity index (χ4v) is 2.34. The van der Waals surface area contributed by atoms with Gasteiger partial charge in [0.2, 0.25) is 0 Å². The molecule has 3 heteroatoms. The summed E-state index contributed by atoms with van der Waals surface area (Å²) in [7, 11) is 0. The second-order valence-corrected chi connectivity index (χ2v) is 4.47. The van der Waals surface area contributed by atoms with Crippen molar-refractivity contribution in [3.8, 4) is 0 Å². The van der Waals surface area contributed by atoms with E-state index in [-0.39, 0.29) is 5.82 Å². The molecule has 0 saturated carbocycles. The smallest absolute Gasteiger partial charge is 0.128 e. The highest BCUT2D eigenvalue weighted by Gasteiger charge is 2.20. The highest BCUT2D eigenvalue weighted by molar-refractivity contribution is 5.72. The highest BCUT2D eigenvalue weighted by Crippen LogP contribution is 2.32. The summed E-state index contributed by atoms with van der Waals surface area (Å²) in [4.78, 5) is 2.34. The molecule has 0 radical (unpaired) electrons. The molecular weight excluding hydrogens is 203 g/mol. The minimum Gasteiger partial charge on any atom is -0.383 e. The molecule has 1 aliphatic rings. The third-order valence-electron chi connectivity index (χ3n) is 3.34. The van der Waals surface area contributed by atoms with E-state index in [1.165, 1.54) is 0 Å². The van der Waals surface area contributed by atoms with Crippen LogP contribution in [0.15, 0.2) is 12.1 Å².